The Kier molecular flexibility index (Phi) is 7.12. The van der Waals surface area contributed by atoms with Crippen molar-refractivity contribution in [2.24, 2.45) is 0 Å². The van der Waals surface area contributed by atoms with E-state index in [0.717, 1.165) is 5.56 Å². The van der Waals surface area contributed by atoms with Gasteiger partial charge in [-0.05, 0) is 43.3 Å². The molecule has 3 nitrogen and oxygen atoms in total. The van der Waals surface area contributed by atoms with Gasteiger partial charge in [-0.25, -0.2) is 4.39 Å². The highest BCUT2D eigenvalue weighted by atomic mass is 35.5. The lowest BCUT2D eigenvalue weighted by Gasteiger charge is -2.14. The second-order valence-electron chi connectivity index (χ2n) is 4.99. The predicted molar refractivity (Wildman–Crippen MR) is 90.6 cm³/mol. The van der Waals surface area contributed by atoms with Crippen molar-refractivity contribution in [2.45, 2.75) is 19.6 Å². The SMILES string of the molecule is OCCCNCc1cc(Cl)ccc1OCc1c(F)cccc1Cl. The third-order valence-electron chi connectivity index (χ3n) is 3.28. The maximum Gasteiger partial charge on any atom is 0.131 e. The Labute approximate surface area is 145 Å². The Morgan fingerprint density at radius 1 is 1.17 bits per heavy atom. The van der Waals surface area contributed by atoms with Crippen LogP contribution in [0.2, 0.25) is 10.0 Å². The summed E-state index contributed by atoms with van der Waals surface area (Å²) in [6, 6.07) is 9.80. The minimum atomic E-state index is -0.394. The van der Waals surface area contributed by atoms with E-state index >= 15 is 0 Å². The molecular weight excluding hydrogens is 340 g/mol. The van der Waals surface area contributed by atoms with E-state index in [1.165, 1.54) is 6.07 Å². The summed E-state index contributed by atoms with van der Waals surface area (Å²) in [5.41, 5.74) is 1.19. The molecule has 0 heterocycles. The molecule has 0 aliphatic carbocycles. The normalized spacial score (nSPS) is 10.8. The molecule has 0 atom stereocenters. The van der Waals surface area contributed by atoms with E-state index in [4.69, 9.17) is 33.0 Å². The average molecular weight is 358 g/mol. The van der Waals surface area contributed by atoms with Crippen molar-refractivity contribution in [2.75, 3.05) is 13.2 Å². The molecule has 0 aromatic heterocycles. The lowest BCUT2D eigenvalue weighted by molar-refractivity contribution is 0.284. The van der Waals surface area contributed by atoms with E-state index in [2.05, 4.69) is 5.32 Å². The summed E-state index contributed by atoms with van der Waals surface area (Å²) in [5, 5.41) is 12.9. The second-order valence-corrected chi connectivity index (χ2v) is 5.84. The molecule has 0 fully saturated rings. The second kappa shape index (κ2) is 9.08. The van der Waals surface area contributed by atoms with Gasteiger partial charge in [-0.15, -0.1) is 0 Å². The third-order valence-corrected chi connectivity index (χ3v) is 3.87. The first-order valence-corrected chi connectivity index (χ1v) is 8.03. The number of hydrogen-bond acceptors (Lipinski definition) is 3. The number of halogens is 3. The van der Waals surface area contributed by atoms with E-state index in [-0.39, 0.29) is 13.2 Å². The molecule has 0 aliphatic rings. The quantitative estimate of drug-likeness (QED) is 0.696. The summed E-state index contributed by atoms with van der Waals surface area (Å²) in [4.78, 5) is 0. The highest BCUT2D eigenvalue weighted by Crippen LogP contribution is 2.26. The third kappa shape index (κ3) is 5.36. The fourth-order valence-corrected chi connectivity index (χ4v) is 2.49. The van der Waals surface area contributed by atoms with Crippen LogP contribution in [0.4, 0.5) is 4.39 Å². The molecule has 23 heavy (non-hydrogen) atoms. The number of rotatable bonds is 8. The topological polar surface area (TPSA) is 41.5 Å². The first kappa shape index (κ1) is 18.0. The van der Waals surface area contributed by atoms with Crippen molar-refractivity contribution in [1.29, 1.82) is 0 Å². The van der Waals surface area contributed by atoms with Crippen molar-refractivity contribution < 1.29 is 14.2 Å². The average Bonchev–Trinajstić information content (AvgIpc) is 2.52. The van der Waals surface area contributed by atoms with E-state index in [1.54, 1.807) is 30.3 Å². The van der Waals surface area contributed by atoms with Gasteiger partial charge in [0.05, 0.1) is 5.02 Å². The molecule has 0 aliphatic heterocycles. The summed E-state index contributed by atoms with van der Waals surface area (Å²) in [5.74, 6) is 0.222. The number of nitrogens with one attached hydrogen (secondary N) is 1. The van der Waals surface area contributed by atoms with Gasteiger partial charge in [-0.2, -0.15) is 0 Å². The lowest BCUT2D eigenvalue weighted by atomic mass is 10.2. The molecule has 0 amide bonds. The molecule has 0 saturated carbocycles. The van der Waals surface area contributed by atoms with Crippen molar-refractivity contribution in [3.8, 4) is 5.75 Å². The molecule has 0 saturated heterocycles. The fraction of sp³-hybridized carbons (Fsp3) is 0.294. The van der Waals surface area contributed by atoms with E-state index < -0.39 is 5.82 Å². The van der Waals surface area contributed by atoms with E-state index in [9.17, 15) is 4.39 Å². The van der Waals surface area contributed by atoms with Gasteiger partial charge in [-0.3, -0.25) is 0 Å². The van der Waals surface area contributed by atoms with E-state index in [1.807, 2.05) is 0 Å². The number of aliphatic hydroxyl groups excluding tert-OH is 1. The number of aliphatic hydroxyl groups is 1. The molecule has 2 rings (SSSR count). The fourth-order valence-electron chi connectivity index (χ4n) is 2.07. The van der Waals surface area contributed by atoms with Crippen LogP contribution in [-0.2, 0) is 13.2 Å². The maximum atomic E-state index is 13.8. The lowest BCUT2D eigenvalue weighted by Crippen LogP contribution is -2.16. The highest BCUT2D eigenvalue weighted by Gasteiger charge is 2.10. The van der Waals surface area contributed by atoms with Gasteiger partial charge < -0.3 is 15.2 Å². The summed E-state index contributed by atoms with van der Waals surface area (Å²) in [6.07, 6.45) is 0.668. The Hall–Kier alpha value is -1.33. The van der Waals surface area contributed by atoms with Crippen LogP contribution >= 0.6 is 23.2 Å². The van der Waals surface area contributed by atoms with Crippen LogP contribution in [0.1, 0.15) is 17.5 Å². The highest BCUT2D eigenvalue weighted by molar-refractivity contribution is 6.31. The Bertz CT molecular complexity index is 632. The minimum Gasteiger partial charge on any atom is -0.488 e. The summed E-state index contributed by atoms with van der Waals surface area (Å²) in [7, 11) is 0. The predicted octanol–water partition coefficient (Wildman–Crippen LogP) is 4.18. The van der Waals surface area contributed by atoms with Crippen molar-refractivity contribution in [3.05, 3.63) is 63.4 Å². The Balaban J connectivity index is 2.07. The number of benzene rings is 2. The summed E-state index contributed by atoms with van der Waals surface area (Å²) in [6.45, 7) is 1.40. The van der Waals surface area contributed by atoms with Gasteiger partial charge in [0.25, 0.3) is 0 Å². The van der Waals surface area contributed by atoms with Crippen LogP contribution in [0.5, 0.6) is 5.75 Å². The molecule has 2 aromatic rings. The summed E-state index contributed by atoms with van der Waals surface area (Å²) < 4.78 is 19.5. The molecule has 124 valence electrons. The number of hydrogen-bond donors (Lipinski definition) is 2. The van der Waals surface area contributed by atoms with Gasteiger partial charge in [0.1, 0.15) is 18.2 Å². The molecule has 0 bridgehead atoms. The van der Waals surface area contributed by atoms with Gasteiger partial charge in [0.15, 0.2) is 0 Å². The van der Waals surface area contributed by atoms with Crippen LogP contribution in [0.15, 0.2) is 36.4 Å². The van der Waals surface area contributed by atoms with Crippen LogP contribution in [0, 0.1) is 5.82 Å². The van der Waals surface area contributed by atoms with Crippen molar-refractivity contribution in [1.82, 2.24) is 5.32 Å². The zero-order valence-corrected chi connectivity index (χ0v) is 14.0. The molecule has 2 aromatic carbocycles. The van der Waals surface area contributed by atoms with Gasteiger partial charge in [0.2, 0.25) is 0 Å². The Morgan fingerprint density at radius 3 is 2.74 bits per heavy atom. The molecule has 6 heteroatoms. The smallest absolute Gasteiger partial charge is 0.131 e. The monoisotopic (exact) mass is 357 g/mol. The minimum absolute atomic E-state index is 0.0385. The zero-order valence-electron chi connectivity index (χ0n) is 12.5. The summed E-state index contributed by atoms with van der Waals surface area (Å²) >= 11 is 12.0. The first-order chi connectivity index (χ1) is 11.1. The van der Waals surface area contributed by atoms with Crippen LogP contribution < -0.4 is 10.1 Å². The largest absolute Gasteiger partial charge is 0.488 e. The maximum absolute atomic E-state index is 13.8. The molecule has 0 unspecified atom stereocenters. The van der Waals surface area contributed by atoms with Crippen molar-refractivity contribution in [3.63, 3.8) is 0 Å². The van der Waals surface area contributed by atoms with Crippen LogP contribution in [0.25, 0.3) is 0 Å². The number of ether oxygens (including phenoxy) is 1. The molecule has 0 spiro atoms. The molecule has 2 N–H and O–H groups in total. The van der Waals surface area contributed by atoms with Crippen LogP contribution in [0.3, 0.4) is 0 Å². The van der Waals surface area contributed by atoms with Crippen molar-refractivity contribution >= 4 is 23.2 Å². The Morgan fingerprint density at radius 2 is 2.00 bits per heavy atom. The van der Waals surface area contributed by atoms with Gasteiger partial charge in [0, 0.05) is 29.3 Å². The van der Waals surface area contributed by atoms with Gasteiger partial charge >= 0.3 is 0 Å². The van der Waals surface area contributed by atoms with Gasteiger partial charge in [-0.1, -0.05) is 29.3 Å². The van der Waals surface area contributed by atoms with E-state index in [0.29, 0.717) is 40.9 Å². The zero-order chi connectivity index (χ0) is 16.7. The first-order valence-electron chi connectivity index (χ1n) is 7.27. The standard InChI is InChI=1S/C17H18Cl2FNO2/c18-13-5-6-17(12(9-13)10-21-7-2-8-22)23-11-14-15(19)3-1-4-16(14)20/h1,3-6,9,21-22H,2,7-8,10-11H2. The molecule has 0 radical (unpaired) electrons. The van der Waals surface area contributed by atoms with Crippen LogP contribution in [-0.4, -0.2) is 18.3 Å². The molecular formula is C17H18Cl2FNO2.